The van der Waals surface area contributed by atoms with Crippen molar-refractivity contribution in [3.05, 3.63) is 267 Å². The van der Waals surface area contributed by atoms with Crippen molar-refractivity contribution in [3.63, 3.8) is 0 Å². The Morgan fingerprint density at radius 2 is 0.885 bits per heavy atom. The molecule has 0 unspecified atom stereocenters. The van der Waals surface area contributed by atoms with Crippen molar-refractivity contribution in [2.75, 3.05) is 4.90 Å². The molecule has 0 spiro atoms. The molecule has 4 heteroatoms. The fraction of sp³-hybridized carbons (Fsp3) is 0. The maximum absolute atomic E-state index is 7.30. The first-order chi connectivity index (χ1) is 38.7. The van der Waals surface area contributed by atoms with Gasteiger partial charge < -0.3 is 13.9 Å². The van der Waals surface area contributed by atoms with E-state index in [4.69, 9.17) is 4.42 Å². The molecule has 0 aliphatic rings. The molecule has 0 atom stereocenters. The summed E-state index contributed by atoms with van der Waals surface area (Å²) in [5.74, 6) is 0. The molecular formula is C74H44N2OS. The van der Waals surface area contributed by atoms with Crippen molar-refractivity contribution in [1.29, 1.82) is 0 Å². The molecule has 0 radical (unpaired) electrons. The first-order valence-corrected chi connectivity index (χ1v) is 27.5. The number of rotatable bonds is 6. The SMILES string of the molecule is c1ccc(-c2cccc(N(c3ccc(-c4ccc5oc6c(c5c4)c4ccccc4c4c5cc7c8ccccc8c8ccccc8c7cc5n(-c5ccc7ccccc7c5)c64)cc3)c3ccc4sc5ccccc5c4c3)c2)cc1. The molecule has 14 aromatic carbocycles. The van der Waals surface area contributed by atoms with Crippen LogP contribution in [0.15, 0.2) is 271 Å². The second-order valence-corrected chi connectivity index (χ2v) is 21.8. The van der Waals surface area contributed by atoms with Crippen LogP contribution in [0.5, 0.6) is 0 Å². The number of nitrogens with zero attached hydrogens (tertiary/aromatic N) is 2. The van der Waals surface area contributed by atoms with Gasteiger partial charge in [-0.25, -0.2) is 0 Å². The van der Waals surface area contributed by atoms with E-state index >= 15 is 0 Å². The Balaban J connectivity index is 0.877. The monoisotopic (exact) mass is 1010 g/mol. The fourth-order valence-electron chi connectivity index (χ4n) is 12.9. The van der Waals surface area contributed by atoms with Crippen molar-refractivity contribution in [2.45, 2.75) is 0 Å². The van der Waals surface area contributed by atoms with Crippen molar-refractivity contribution in [3.8, 4) is 27.9 Å². The standard InChI is InChI=1S/C74H44N2OS/c1-2-15-45(16-3-1)49-19-14-20-52(39-49)75(54-36-38-70-64(42-54)59-25-12-13-28-69(59)78-70)51-33-29-47(30-34-51)50-32-37-68-66(41-50)72-61-27-11-10-26-60(61)71-65-43-62-57-23-8-6-21-55(57)56-22-7-9-24-58(56)63(62)44-67(65)76(73(71)74(72)77-68)53-35-31-46-17-4-5-18-48(46)40-53/h1-44H. The van der Waals surface area contributed by atoms with Gasteiger partial charge in [0.15, 0.2) is 5.58 Å². The Bertz CT molecular complexity index is 5330. The van der Waals surface area contributed by atoms with Crippen molar-refractivity contribution >= 4 is 146 Å². The van der Waals surface area contributed by atoms with E-state index in [1.165, 1.54) is 95.9 Å². The average Bonchev–Trinajstić information content (AvgIpc) is 4.39. The predicted octanol–water partition coefficient (Wildman–Crippen LogP) is 21.6. The van der Waals surface area contributed by atoms with Crippen LogP contribution in [-0.2, 0) is 0 Å². The van der Waals surface area contributed by atoms with E-state index in [0.29, 0.717) is 0 Å². The summed E-state index contributed by atoms with van der Waals surface area (Å²) in [5, 5.41) is 19.5. The first kappa shape index (κ1) is 43.3. The highest BCUT2D eigenvalue weighted by Gasteiger charge is 2.25. The fourth-order valence-corrected chi connectivity index (χ4v) is 14.0. The van der Waals surface area contributed by atoms with Gasteiger partial charge in [0.1, 0.15) is 5.58 Å². The summed E-state index contributed by atoms with van der Waals surface area (Å²) in [6, 6.07) is 98.2. The zero-order chi connectivity index (χ0) is 51.0. The lowest BCUT2D eigenvalue weighted by Gasteiger charge is -2.26. The zero-order valence-corrected chi connectivity index (χ0v) is 42.9. The van der Waals surface area contributed by atoms with Crippen LogP contribution in [0.2, 0.25) is 0 Å². The Morgan fingerprint density at radius 3 is 1.67 bits per heavy atom. The second-order valence-electron chi connectivity index (χ2n) is 20.7. The number of hydrogen-bond donors (Lipinski definition) is 0. The van der Waals surface area contributed by atoms with Gasteiger partial charge in [0.05, 0.1) is 11.0 Å². The summed E-state index contributed by atoms with van der Waals surface area (Å²) in [7, 11) is 0. The third-order valence-electron chi connectivity index (χ3n) is 16.5. The number of thiophene rings is 1. The van der Waals surface area contributed by atoms with E-state index in [0.717, 1.165) is 66.8 Å². The molecule has 17 rings (SSSR count). The molecule has 0 bridgehead atoms. The first-order valence-electron chi connectivity index (χ1n) is 26.7. The minimum atomic E-state index is 0.862. The second kappa shape index (κ2) is 16.7. The van der Waals surface area contributed by atoms with Gasteiger partial charge in [-0.1, -0.05) is 182 Å². The lowest BCUT2D eigenvalue weighted by Crippen LogP contribution is -2.10. The van der Waals surface area contributed by atoms with E-state index in [1.807, 2.05) is 11.3 Å². The van der Waals surface area contributed by atoms with Crippen LogP contribution in [0, 0.1) is 0 Å². The van der Waals surface area contributed by atoms with Gasteiger partial charge >= 0.3 is 0 Å². The quantitative estimate of drug-likeness (QED) is 0.155. The molecule has 0 N–H and O–H groups in total. The molecule has 0 aliphatic heterocycles. The molecular weight excluding hydrogens is 965 g/mol. The van der Waals surface area contributed by atoms with E-state index in [2.05, 4.69) is 276 Å². The number of hydrogen-bond acceptors (Lipinski definition) is 3. The lowest BCUT2D eigenvalue weighted by atomic mass is 9.92. The molecule has 0 saturated heterocycles. The van der Waals surface area contributed by atoms with Crippen LogP contribution in [0.25, 0.3) is 146 Å². The number of aromatic nitrogens is 1. The highest BCUT2D eigenvalue weighted by Crippen LogP contribution is 2.49. The summed E-state index contributed by atoms with van der Waals surface area (Å²) in [5.41, 5.74) is 13.0. The van der Waals surface area contributed by atoms with Crippen LogP contribution >= 0.6 is 11.3 Å². The van der Waals surface area contributed by atoms with Crippen LogP contribution < -0.4 is 4.90 Å². The molecule has 3 nitrogen and oxygen atoms in total. The molecule has 0 aliphatic carbocycles. The summed E-state index contributed by atoms with van der Waals surface area (Å²) >= 11 is 1.85. The number of anilines is 3. The molecule has 3 heterocycles. The van der Waals surface area contributed by atoms with Crippen LogP contribution in [0.1, 0.15) is 0 Å². The van der Waals surface area contributed by atoms with Crippen LogP contribution in [0.3, 0.4) is 0 Å². The lowest BCUT2D eigenvalue weighted by molar-refractivity contribution is 0.671. The largest absolute Gasteiger partial charge is 0.454 e. The molecule has 0 fully saturated rings. The molecule has 0 amide bonds. The van der Waals surface area contributed by atoms with Crippen molar-refractivity contribution < 1.29 is 4.42 Å². The van der Waals surface area contributed by atoms with E-state index < -0.39 is 0 Å². The maximum atomic E-state index is 7.30. The van der Waals surface area contributed by atoms with E-state index in [1.54, 1.807) is 0 Å². The van der Waals surface area contributed by atoms with Gasteiger partial charge in [0.25, 0.3) is 0 Å². The topological polar surface area (TPSA) is 21.3 Å². The predicted molar refractivity (Wildman–Crippen MR) is 334 cm³/mol. The van der Waals surface area contributed by atoms with Crippen molar-refractivity contribution in [2.24, 2.45) is 0 Å². The highest BCUT2D eigenvalue weighted by molar-refractivity contribution is 7.25. The summed E-state index contributed by atoms with van der Waals surface area (Å²) in [6.45, 7) is 0. The van der Waals surface area contributed by atoms with Gasteiger partial charge in [-0.15, -0.1) is 11.3 Å². The summed E-state index contributed by atoms with van der Waals surface area (Å²) < 4.78 is 12.4. The highest BCUT2D eigenvalue weighted by atomic mass is 32.1. The normalized spacial score (nSPS) is 12.1. The Kier molecular flexibility index (Phi) is 9.29. The van der Waals surface area contributed by atoms with Gasteiger partial charge in [-0.2, -0.15) is 0 Å². The molecule has 78 heavy (non-hydrogen) atoms. The minimum Gasteiger partial charge on any atom is -0.454 e. The molecule has 3 aromatic heterocycles. The Morgan fingerprint density at radius 1 is 0.308 bits per heavy atom. The van der Waals surface area contributed by atoms with E-state index in [-0.39, 0.29) is 0 Å². The third-order valence-corrected chi connectivity index (χ3v) is 17.6. The van der Waals surface area contributed by atoms with Gasteiger partial charge in [0, 0.05) is 64.5 Å². The molecule has 362 valence electrons. The third kappa shape index (κ3) is 6.45. The Hall–Kier alpha value is -10.0. The number of benzene rings is 14. The number of fused-ring (bicyclic) bond motifs is 20. The minimum absolute atomic E-state index is 0.862. The van der Waals surface area contributed by atoms with Crippen LogP contribution in [-0.4, -0.2) is 4.57 Å². The Labute approximate surface area is 452 Å². The maximum Gasteiger partial charge on any atom is 0.160 e. The van der Waals surface area contributed by atoms with Gasteiger partial charge in [0.2, 0.25) is 0 Å². The number of furan rings is 1. The van der Waals surface area contributed by atoms with E-state index in [9.17, 15) is 0 Å². The summed E-state index contributed by atoms with van der Waals surface area (Å²) in [4.78, 5) is 2.40. The smallest absolute Gasteiger partial charge is 0.160 e. The van der Waals surface area contributed by atoms with Crippen molar-refractivity contribution in [1.82, 2.24) is 4.57 Å². The zero-order valence-electron chi connectivity index (χ0n) is 42.1. The van der Waals surface area contributed by atoms with Gasteiger partial charge in [-0.05, 0) is 161 Å². The van der Waals surface area contributed by atoms with Gasteiger partial charge in [-0.3, -0.25) is 0 Å². The molecule has 17 aromatic rings. The van der Waals surface area contributed by atoms with Crippen LogP contribution in [0.4, 0.5) is 17.1 Å². The average molecular weight is 1010 g/mol. The molecule has 0 saturated carbocycles. The summed E-state index contributed by atoms with van der Waals surface area (Å²) in [6.07, 6.45) is 0.